The van der Waals surface area contributed by atoms with E-state index in [2.05, 4.69) is 32.8 Å². The van der Waals surface area contributed by atoms with E-state index < -0.39 is 0 Å². The number of hydrogen-bond acceptors (Lipinski definition) is 2. The standard InChI is InChI=1S/C14H13BrCl2N2/c1-2-4-11-13(15)14(17)19-12(18-11)8-9-5-3-6-10(16)7-9/h3,5-7H,2,4,8H2,1H3. The Hall–Kier alpha value is -0.640. The van der Waals surface area contributed by atoms with Crippen molar-refractivity contribution >= 4 is 39.1 Å². The maximum Gasteiger partial charge on any atom is 0.147 e. The molecule has 19 heavy (non-hydrogen) atoms. The predicted octanol–water partition coefficient (Wildman–Crippen LogP) is 5.09. The van der Waals surface area contributed by atoms with Gasteiger partial charge in [0.25, 0.3) is 0 Å². The summed E-state index contributed by atoms with van der Waals surface area (Å²) in [6.45, 7) is 2.11. The molecule has 0 fully saturated rings. The molecule has 0 aliphatic heterocycles. The van der Waals surface area contributed by atoms with E-state index in [0.717, 1.165) is 39.4 Å². The Morgan fingerprint density at radius 3 is 2.68 bits per heavy atom. The highest BCUT2D eigenvalue weighted by molar-refractivity contribution is 9.10. The van der Waals surface area contributed by atoms with E-state index in [1.54, 1.807) is 0 Å². The molecule has 1 aromatic carbocycles. The van der Waals surface area contributed by atoms with Gasteiger partial charge in [0, 0.05) is 11.4 Å². The molecule has 1 aromatic heterocycles. The van der Waals surface area contributed by atoms with E-state index >= 15 is 0 Å². The van der Waals surface area contributed by atoms with Crippen LogP contribution in [0.1, 0.15) is 30.4 Å². The van der Waals surface area contributed by atoms with E-state index in [-0.39, 0.29) is 0 Å². The van der Waals surface area contributed by atoms with Crippen LogP contribution in [-0.4, -0.2) is 9.97 Å². The van der Waals surface area contributed by atoms with Crippen molar-refractivity contribution in [3.63, 3.8) is 0 Å². The first kappa shape index (κ1) is 14.8. The fraction of sp³-hybridized carbons (Fsp3) is 0.286. The van der Waals surface area contributed by atoms with Crippen molar-refractivity contribution < 1.29 is 0 Å². The normalized spacial score (nSPS) is 10.7. The Morgan fingerprint density at radius 1 is 1.21 bits per heavy atom. The van der Waals surface area contributed by atoms with Crippen LogP contribution in [0.25, 0.3) is 0 Å². The van der Waals surface area contributed by atoms with Gasteiger partial charge in [-0.15, -0.1) is 0 Å². The molecule has 0 unspecified atom stereocenters. The summed E-state index contributed by atoms with van der Waals surface area (Å²) in [6.07, 6.45) is 2.53. The number of aromatic nitrogens is 2. The Balaban J connectivity index is 2.30. The molecule has 100 valence electrons. The summed E-state index contributed by atoms with van der Waals surface area (Å²) in [5, 5.41) is 1.19. The Labute approximate surface area is 131 Å². The lowest BCUT2D eigenvalue weighted by Gasteiger charge is -2.07. The van der Waals surface area contributed by atoms with Crippen LogP contribution in [0.3, 0.4) is 0 Å². The minimum absolute atomic E-state index is 0.468. The molecule has 2 nitrogen and oxygen atoms in total. The molecule has 0 aliphatic carbocycles. The van der Waals surface area contributed by atoms with Crippen molar-refractivity contribution in [1.29, 1.82) is 0 Å². The van der Waals surface area contributed by atoms with Crippen LogP contribution in [0.15, 0.2) is 28.7 Å². The minimum atomic E-state index is 0.468. The molecule has 2 aromatic rings. The number of halogens is 3. The average Bonchev–Trinajstić information content (AvgIpc) is 2.35. The molecule has 0 aliphatic rings. The van der Waals surface area contributed by atoms with Crippen LogP contribution in [0, 0.1) is 0 Å². The van der Waals surface area contributed by atoms with Crippen LogP contribution in [0.4, 0.5) is 0 Å². The number of hydrogen-bond donors (Lipinski definition) is 0. The van der Waals surface area contributed by atoms with Gasteiger partial charge >= 0.3 is 0 Å². The molecule has 0 saturated heterocycles. The molecular formula is C14H13BrCl2N2. The van der Waals surface area contributed by atoms with Crippen molar-refractivity contribution in [2.24, 2.45) is 0 Å². The monoisotopic (exact) mass is 358 g/mol. The molecule has 1 heterocycles. The Kier molecular flexibility index (Phi) is 5.20. The number of aryl methyl sites for hydroxylation is 1. The first-order valence-corrected chi connectivity index (χ1v) is 7.60. The summed E-state index contributed by atoms with van der Waals surface area (Å²) in [6, 6.07) is 7.69. The summed E-state index contributed by atoms with van der Waals surface area (Å²) in [5.74, 6) is 0.721. The number of rotatable bonds is 4. The number of benzene rings is 1. The Bertz CT molecular complexity index is 588. The third kappa shape index (κ3) is 3.91. The SMILES string of the molecule is CCCc1nc(Cc2cccc(Cl)c2)nc(Cl)c1Br. The van der Waals surface area contributed by atoms with E-state index in [0.29, 0.717) is 11.6 Å². The van der Waals surface area contributed by atoms with E-state index in [4.69, 9.17) is 23.2 Å². The van der Waals surface area contributed by atoms with Crippen molar-refractivity contribution in [3.05, 3.63) is 56.0 Å². The summed E-state index contributed by atoms with van der Waals surface area (Å²) in [4.78, 5) is 8.87. The molecule has 0 spiro atoms. The van der Waals surface area contributed by atoms with Crippen molar-refractivity contribution in [3.8, 4) is 0 Å². The zero-order chi connectivity index (χ0) is 13.8. The van der Waals surface area contributed by atoms with Crippen molar-refractivity contribution in [2.75, 3.05) is 0 Å². The smallest absolute Gasteiger partial charge is 0.147 e. The molecule has 0 N–H and O–H groups in total. The largest absolute Gasteiger partial charge is 0.236 e. The Morgan fingerprint density at radius 2 is 2.00 bits per heavy atom. The molecule has 0 amide bonds. The highest BCUT2D eigenvalue weighted by Gasteiger charge is 2.10. The molecule has 0 saturated carbocycles. The fourth-order valence-corrected chi connectivity index (χ4v) is 2.62. The summed E-state index contributed by atoms with van der Waals surface area (Å²) in [5.41, 5.74) is 2.04. The second kappa shape index (κ2) is 6.69. The highest BCUT2D eigenvalue weighted by Crippen LogP contribution is 2.25. The van der Waals surface area contributed by atoms with E-state index in [1.165, 1.54) is 0 Å². The van der Waals surface area contributed by atoms with Gasteiger partial charge in [-0.25, -0.2) is 9.97 Å². The van der Waals surface area contributed by atoms with Crippen LogP contribution in [0.2, 0.25) is 10.2 Å². The van der Waals surface area contributed by atoms with Gasteiger partial charge in [-0.3, -0.25) is 0 Å². The first-order valence-electron chi connectivity index (χ1n) is 6.05. The van der Waals surface area contributed by atoms with Gasteiger partial charge in [0.2, 0.25) is 0 Å². The van der Waals surface area contributed by atoms with Crippen LogP contribution < -0.4 is 0 Å². The topological polar surface area (TPSA) is 25.8 Å². The average molecular weight is 360 g/mol. The van der Waals surface area contributed by atoms with Gasteiger partial charge in [-0.05, 0) is 40.0 Å². The number of nitrogens with zero attached hydrogens (tertiary/aromatic N) is 2. The highest BCUT2D eigenvalue weighted by atomic mass is 79.9. The van der Waals surface area contributed by atoms with Crippen LogP contribution in [-0.2, 0) is 12.8 Å². The second-order valence-electron chi connectivity index (χ2n) is 4.25. The molecular weight excluding hydrogens is 347 g/mol. The summed E-state index contributed by atoms with van der Waals surface area (Å²) >= 11 is 15.5. The first-order chi connectivity index (χ1) is 9.10. The van der Waals surface area contributed by atoms with Gasteiger partial charge < -0.3 is 0 Å². The zero-order valence-corrected chi connectivity index (χ0v) is 13.6. The third-order valence-electron chi connectivity index (χ3n) is 2.66. The lowest BCUT2D eigenvalue weighted by Crippen LogP contribution is -2.02. The van der Waals surface area contributed by atoms with Crippen LogP contribution >= 0.6 is 39.1 Å². The molecule has 0 bridgehead atoms. The third-order valence-corrected chi connectivity index (χ3v) is 4.23. The van der Waals surface area contributed by atoms with E-state index in [1.807, 2.05) is 24.3 Å². The van der Waals surface area contributed by atoms with Crippen LogP contribution in [0.5, 0.6) is 0 Å². The van der Waals surface area contributed by atoms with Crippen molar-refractivity contribution in [2.45, 2.75) is 26.2 Å². The zero-order valence-electron chi connectivity index (χ0n) is 10.5. The predicted molar refractivity (Wildman–Crippen MR) is 83.0 cm³/mol. The van der Waals surface area contributed by atoms with Gasteiger partial charge in [0.15, 0.2) is 0 Å². The van der Waals surface area contributed by atoms with Gasteiger partial charge in [0.05, 0.1) is 10.2 Å². The molecule has 0 atom stereocenters. The fourth-order valence-electron chi connectivity index (χ4n) is 1.82. The summed E-state index contributed by atoms with van der Waals surface area (Å²) < 4.78 is 0.797. The maximum atomic E-state index is 6.13. The molecule has 0 radical (unpaired) electrons. The van der Waals surface area contributed by atoms with Crippen molar-refractivity contribution in [1.82, 2.24) is 9.97 Å². The van der Waals surface area contributed by atoms with Gasteiger partial charge in [-0.2, -0.15) is 0 Å². The van der Waals surface area contributed by atoms with Gasteiger partial charge in [0.1, 0.15) is 11.0 Å². The lowest BCUT2D eigenvalue weighted by atomic mass is 10.1. The molecule has 2 rings (SSSR count). The minimum Gasteiger partial charge on any atom is -0.236 e. The molecule has 5 heteroatoms. The van der Waals surface area contributed by atoms with E-state index in [9.17, 15) is 0 Å². The maximum absolute atomic E-state index is 6.13. The second-order valence-corrected chi connectivity index (χ2v) is 5.84. The van der Waals surface area contributed by atoms with Gasteiger partial charge in [-0.1, -0.05) is 48.7 Å². The summed E-state index contributed by atoms with van der Waals surface area (Å²) in [7, 11) is 0. The quantitative estimate of drug-likeness (QED) is 0.710. The lowest BCUT2D eigenvalue weighted by molar-refractivity contribution is 0.834.